The number of likely N-dealkylation sites (N-methyl/N-ethyl adjacent to an activating group) is 1. The first-order chi connectivity index (χ1) is 9.20. The Morgan fingerprint density at radius 2 is 2.05 bits per heavy atom. The number of nitrogens with one attached hydrogen (secondary N) is 1. The van der Waals surface area contributed by atoms with Gasteiger partial charge in [-0.1, -0.05) is 6.07 Å². The minimum absolute atomic E-state index is 0.0844. The van der Waals surface area contributed by atoms with E-state index in [0.717, 1.165) is 37.6 Å². The van der Waals surface area contributed by atoms with Gasteiger partial charge in [-0.3, -0.25) is 9.59 Å². The van der Waals surface area contributed by atoms with Gasteiger partial charge in [0.15, 0.2) is 5.78 Å². The molecule has 0 atom stereocenters. The fourth-order valence-electron chi connectivity index (χ4n) is 2.36. The Kier molecular flexibility index (Phi) is 5.10. The monoisotopic (exact) mass is 281 g/mol. The van der Waals surface area contributed by atoms with Crippen LogP contribution in [0, 0.1) is 0 Å². The zero-order valence-electron chi connectivity index (χ0n) is 11.4. The number of hydrogen-bond donors (Lipinski definition) is 1. The van der Waals surface area contributed by atoms with E-state index in [1.807, 2.05) is 22.4 Å². The SMILES string of the molecule is CC[NH+]1CCN(C(=O)CCC(=O)c2cccs2)CC1. The minimum atomic E-state index is 0.0844. The van der Waals surface area contributed by atoms with Crippen LogP contribution in [-0.2, 0) is 4.79 Å². The molecule has 2 rings (SSSR count). The lowest BCUT2D eigenvalue weighted by molar-refractivity contribution is -0.902. The van der Waals surface area contributed by atoms with Gasteiger partial charge in [-0.25, -0.2) is 0 Å². The highest BCUT2D eigenvalue weighted by Crippen LogP contribution is 2.12. The lowest BCUT2D eigenvalue weighted by atomic mass is 10.1. The summed E-state index contributed by atoms with van der Waals surface area (Å²) in [5.74, 6) is 0.209. The standard InChI is InChI=1S/C14H20N2O2S/c1-2-15-7-9-16(10-8-15)14(18)6-5-12(17)13-4-3-11-19-13/h3-4,11H,2,5-10H2,1H3/p+1. The van der Waals surface area contributed by atoms with Gasteiger partial charge in [-0.05, 0) is 18.4 Å². The highest BCUT2D eigenvalue weighted by molar-refractivity contribution is 7.12. The van der Waals surface area contributed by atoms with E-state index in [9.17, 15) is 9.59 Å². The molecule has 0 unspecified atom stereocenters. The number of amides is 1. The summed E-state index contributed by atoms with van der Waals surface area (Å²) < 4.78 is 0. The molecule has 5 heteroatoms. The smallest absolute Gasteiger partial charge is 0.223 e. The predicted molar refractivity (Wildman–Crippen MR) is 75.7 cm³/mol. The van der Waals surface area contributed by atoms with Gasteiger partial charge in [0.2, 0.25) is 5.91 Å². The van der Waals surface area contributed by atoms with Crippen molar-refractivity contribution in [3.05, 3.63) is 22.4 Å². The number of thiophene rings is 1. The lowest BCUT2D eigenvalue weighted by Gasteiger charge is -2.31. The van der Waals surface area contributed by atoms with Crippen LogP contribution in [-0.4, -0.2) is 49.3 Å². The molecule has 2 heterocycles. The average Bonchev–Trinajstić information content (AvgIpc) is 2.98. The number of carbonyl (C=O) groups is 2. The lowest BCUT2D eigenvalue weighted by Crippen LogP contribution is -3.14. The predicted octanol–water partition coefficient (Wildman–Crippen LogP) is 0.458. The minimum Gasteiger partial charge on any atom is -0.332 e. The quantitative estimate of drug-likeness (QED) is 0.797. The van der Waals surface area contributed by atoms with E-state index < -0.39 is 0 Å². The summed E-state index contributed by atoms with van der Waals surface area (Å²) in [6, 6.07) is 3.69. The van der Waals surface area contributed by atoms with Crippen molar-refractivity contribution in [3.8, 4) is 0 Å². The van der Waals surface area contributed by atoms with Crippen molar-refractivity contribution in [2.45, 2.75) is 19.8 Å². The fraction of sp³-hybridized carbons (Fsp3) is 0.571. The van der Waals surface area contributed by atoms with Crippen LogP contribution in [0.3, 0.4) is 0 Å². The van der Waals surface area contributed by atoms with Crippen molar-refractivity contribution >= 4 is 23.0 Å². The van der Waals surface area contributed by atoms with Gasteiger partial charge in [-0.2, -0.15) is 0 Å². The van der Waals surface area contributed by atoms with Crippen molar-refractivity contribution in [1.29, 1.82) is 0 Å². The topological polar surface area (TPSA) is 41.8 Å². The molecule has 0 aliphatic carbocycles. The normalized spacial score (nSPS) is 16.6. The van der Waals surface area contributed by atoms with E-state index >= 15 is 0 Å². The van der Waals surface area contributed by atoms with Gasteiger partial charge in [0.1, 0.15) is 0 Å². The molecule has 0 spiro atoms. The Hall–Kier alpha value is -1.20. The Bertz CT molecular complexity index is 423. The van der Waals surface area contributed by atoms with Crippen LogP contribution in [0.2, 0.25) is 0 Å². The Morgan fingerprint density at radius 3 is 2.63 bits per heavy atom. The van der Waals surface area contributed by atoms with Crippen molar-refractivity contribution in [2.24, 2.45) is 0 Å². The third-order valence-corrected chi connectivity index (χ3v) is 4.60. The Labute approximate surface area is 118 Å². The average molecular weight is 281 g/mol. The van der Waals surface area contributed by atoms with Gasteiger partial charge in [0.05, 0.1) is 37.6 Å². The highest BCUT2D eigenvalue weighted by Gasteiger charge is 2.22. The molecule has 1 N–H and O–H groups in total. The number of nitrogens with zero attached hydrogens (tertiary/aromatic N) is 1. The highest BCUT2D eigenvalue weighted by atomic mass is 32.1. The molecule has 104 valence electrons. The largest absolute Gasteiger partial charge is 0.332 e. The number of Topliss-reactive ketones (excluding diaryl/α,β-unsaturated/α-hetero) is 1. The summed E-state index contributed by atoms with van der Waals surface area (Å²) in [4.78, 5) is 28.1. The first-order valence-electron chi connectivity index (χ1n) is 6.88. The zero-order valence-corrected chi connectivity index (χ0v) is 12.2. The molecular formula is C14H21N2O2S+. The maximum Gasteiger partial charge on any atom is 0.223 e. The van der Waals surface area contributed by atoms with E-state index in [-0.39, 0.29) is 11.7 Å². The van der Waals surface area contributed by atoms with E-state index in [4.69, 9.17) is 0 Å². The maximum absolute atomic E-state index is 12.0. The van der Waals surface area contributed by atoms with Gasteiger partial charge in [-0.15, -0.1) is 11.3 Å². The molecule has 0 radical (unpaired) electrons. The van der Waals surface area contributed by atoms with Gasteiger partial charge in [0, 0.05) is 12.8 Å². The second-order valence-electron chi connectivity index (χ2n) is 4.88. The summed E-state index contributed by atoms with van der Waals surface area (Å²) in [6.45, 7) is 7.01. The van der Waals surface area contributed by atoms with Crippen LogP contribution in [0.4, 0.5) is 0 Å². The van der Waals surface area contributed by atoms with Crippen LogP contribution >= 0.6 is 11.3 Å². The molecule has 1 aromatic rings. The van der Waals surface area contributed by atoms with Gasteiger partial charge < -0.3 is 9.80 Å². The number of ketones is 1. The number of quaternary nitrogens is 1. The summed E-state index contributed by atoms with van der Waals surface area (Å²) in [6.07, 6.45) is 0.679. The molecular weight excluding hydrogens is 260 g/mol. The molecule has 4 nitrogen and oxygen atoms in total. The van der Waals surface area contributed by atoms with Crippen LogP contribution in [0.15, 0.2) is 17.5 Å². The first kappa shape index (κ1) is 14.2. The fourth-order valence-corrected chi connectivity index (χ4v) is 3.06. The van der Waals surface area contributed by atoms with Crippen LogP contribution in [0.1, 0.15) is 29.4 Å². The molecule has 0 saturated carbocycles. The van der Waals surface area contributed by atoms with E-state index in [1.165, 1.54) is 11.3 Å². The summed E-state index contributed by atoms with van der Waals surface area (Å²) in [5, 5.41) is 1.89. The van der Waals surface area contributed by atoms with Crippen molar-refractivity contribution in [2.75, 3.05) is 32.7 Å². The first-order valence-corrected chi connectivity index (χ1v) is 7.76. The summed E-state index contributed by atoms with van der Waals surface area (Å²) in [7, 11) is 0. The maximum atomic E-state index is 12.0. The summed E-state index contributed by atoms with van der Waals surface area (Å²) in [5.41, 5.74) is 0. The van der Waals surface area contributed by atoms with Crippen LogP contribution in [0.25, 0.3) is 0 Å². The van der Waals surface area contributed by atoms with Crippen molar-refractivity contribution < 1.29 is 14.5 Å². The third-order valence-electron chi connectivity index (χ3n) is 3.69. The molecule has 0 aromatic carbocycles. The number of piperazine rings is 1. The Balaban J connectivity index is 1.74. The van der Waals surface area contributed by atoms with E-state index in [2.05, 4.69) is 6.92 Å². The van der Waals surface area contributed by atoms with Crippen molar-refractivity contribution in [1.82, 2.24) is 4.90 Å². The third kappa shape index (κ3) is 3.88. The number of hydrogen-bond acceptors (Lipinski definition) is 3. The van der Waals surface area contributed by atoms with Crippen LogP contribution < -0.4 is 4.90 Å². The zero-order chi connectivity index (χ0) is 13.7. The molecule has 19 heavy (non-hydrogen) atoms. The molecule has 1 fully saturated rings. The molecule has 1 aliphatic heterocycles. The van der Waals surface area contributed by atoms with Gasteiger partial charge >= 0.3 is 0 Å². The van der Waals surface area contributed by atoms with Crippen molar-refractivity contribution in [3.63, 3.8) is 0 Å². The number of rotatable bonds is 5. The van der Waals surface area contributed by atoms with Crippen LogP contribution in [0.5, 0.6) is 0 Å². The molecule has 0 bridgehead atoms. The molecule has 1 amide bonds. The number of carbonyl (C=O) groups excluding carboxylic acids is 2. The molecule has 1 aromatic heterocycles. The second kappa shape index (κ2) is 6.82. The summed E-state index contributed by atoms with van der Waals surface area (Å²) >= 11 is 1.44. The molecule has 1 aliphatic rings. The van der Waals surface area contributed by atoms with E-state index in [1.54, 1.807) is 4.90 Å². The van der Waals surface area contributed by atoms with Gasteiger partial charge in [0.25, 0.3) is 0 Å². The second-order valence-corrected chi connectivity index (χ2v) is 5.83. The Morgan fingerprint density at radius 1 is 1.32 bits per heavy atom. The molecule has 1 saturated heterocycles. The van der Waals surface area contributed by atoms with E-state index in [0.29, 0.717) is 12.8 Å².